The molecule has 118 valence electrons. The number of hydrogen-bond donors (Lipinski definition) is 1. The largest absolute Gasteiger partial charge is 0.348 e. The molecular formula is C18H18ClN3O. The van der Waals surface area contributed by atoms with E-state index in [1.807, 2.05) is 35.8 Å². The molecule has 2 aromatic heterocycles. The van der Waals surface area contributed by atoms with Crippen molar-refractivity contribution in [3.05, 3.63) is 59.3 Å². The van der Waals surface area contributed by atoms with E-state index in [2.05, 4.69) is 29.0 Å². The van der Waals surface area contributed by atoms with Crippen molar-refractivity contribution in [2.75, 3.05) is 0 Å². The number of aromatic amines is 1. The fourth-order valence-corrected chi connectivity index (χ4v) is 3.27. The molecule has 5 heteroatoms. The Hall–Kier alpha value is -2.33. The van der Waals surface area contributed by atoms with Crippen molar-refractivity contribution >= 4 is 35.3 Å². The Morgan fingerprint density at radius 3 is 2.78 bits per heavy atom. The third-order valence-electron chi connectivity index (χ3n) is 4.55. The molecule has 0 aliphatic carbocycles. The number of halogens is 1. The van der Waals surface area contributed by atoms with Crippen LogP contribution in [0.3, 0.4) is 0 Å². The standard InChI is InChI=1S/C18H17N3O.ClH/c1-11-14-5-3-4-6-17(14)21-16(11)8-7-13(18(21)22)9-15-12(2)19-10-20-15;/h3-8,10,13H,9H2,1-2H3,(H,19,20);1H. The second-order valence-corrected chi connectivity index (χ2v) is 5.85. The molecule has 0 fully saturated rings. The number of hydrogen-bond acceptors (Lipinski definition) is 2. The van der Waals surface area contributed by atoms with Crippen molar-refractivity contribution in [3.8, 4) is 0 Å². The summed E-state index contributed by atoms with van der Waals surface area (Å²) in [5.74, 6) is -0.0334. The number of carbonyl (C=O) groups is 1. The summed E-state index contributed by atoms with van der Waals surface area (Å²) in [6.45, 7) is 4.06. The van der Waals surface area contributed by atoms with Crippen LogP contribution in [0.4, 0.5) is 0 Å². The van der Waals surface area contributed by atoms with Crippen LogP contribution in [0.5, 0.6) is 0 Å². The Bertz CT molecular complexity index is 920. The summed E-state index contributed by atoms with van der Waals surface area (Å²) in [7, 11) is 0. The highest BCUT2D eigenvalue weighted by Gasteiger charge is 2.27. The molecule has 0 spiro atoms. The van der Waals surface area contributed by atoms with Gasteiger partial charge in [0.15, 0.2) is 0 Å². The van der Waals surface area contributed by atoms with E-state index >= 15 is 0 Å². The van der Waals surface area contributed by atoms with Crippen LogP contribution in [0.1, 0.15) is 27.4 Å². The Morgan fingerprint density at radius 1 is 1.26 bits per heavy atom. The van der Waals surface area contributed by atoms with Crippen molar-refractivity contribution < 1.29 is 4.79 Å². The second-order valence-electron chi connectivity index (χ2n) is 5.85. The molecule has 0 saturated carbocycles. The predicted octanol–water partition coefficient (Wildman–Crippen LogP) is 3.93. The highest BCUT2D eigenvalue weighted by molar-refractivity contribution is 6.01. The summed E-state index contributed by atoms with van der Waals surface area (Å²) < 4.78 is 1.86. The number of nitrogens with one attached hydrogen (secondary N) is 1. The maximum atomic E-state index is 13.0. The van der Waals surface area contributed by atoms with Crippen molar-refractivity contribution in [1.82, 2.24) is 14.5 Å². The van der Waals surface area contributed by atoms with Crippen LogP contribution in [-0.4, -0.2) is 20.4 Å². The minimum atomic E-state index is -0.162. The maximum absolute atomic E-state index is 13.0. The monoisotopic (exact) mass is 327 g/mol. The molecule has 0 amide bonds. The molecule has 1 aromatic carbocycles. The van der Waals surface area contributed by atoms with Crippen molar-refractivity contribution in [3.63, 3.8) is 0 Å². The molecule has 3 heterocycles. The molecule has 0 bridgehead atoms. The molecule has 1 aliphatic rings. The van der Waals surface area contributed by atoms with E-state index in [1.165, 1.54) is 0 Å². The zero-order chi connectivity index (χ0) is 15.3. The van der Waals surface area contributed by atoms with Gasteiger partial charge in [-0.25, -0.2) is 4.98 Å². The number of allylic oxidation sites excluding steroid dienone is 1. The number of fused-ring (bicyclic) bond motifs is 3. The fraction of sp³-hybridized carbons (Fsp3) is 0.222. The van der Waals surface area contributed by atoms with Crippen molar-refractivity contribution in [2.24, 2.45) is 5.92 Å². The van der Waals surface area contributed by atoms with E-state index in [4.69, 9.17) is 0 Å². The summed E-state index contributed by atoms with van der Waals surface area (Å²) in [5.41, 5.74) is 5.14. The summed E-state index contributed by atoms with van der Waals surface area (Å²) >= 11 is 0. The minimum absolute atomic E-state index is 0. The number of benzene rings is 1. The van der Waals surface area contributed by atoms with Gasteiger partial charge in [0.1, 0.15) is 0 Å². The fourth-order valence-electron chi connectivity index (χ4n) is 3.27. The van der Waals surface area contributed by atoms with Crippen LogP contribution in [0.2, 0.25) is 0 Å². The smallest absolute Gasteiger partial charge is 0.238 e. The first-order chi connectivity index (χ1) is 10.7. The molecule has 1 N–H and O–H groups in total. The van der Waals surface area contributed by atoms with Gasteiger partial charge in [-0.15, -0.1) is 12.4 Å². The lowest BCUT2D eigenvalue weighted by Gasteiger charge is -2.19. The lowest BCUT2D eigenvalue weighted by molar-refractivity contribution is 0.0862. The summed E-state index contributed by atoms with van der Waals surface area (Å²) in [6, 6.07) is 8.08. The molecular weight excluding hydrogens is 310 g/mol. The average Bonchev–Trinajstić information content (AvgIpc) is 3.05. The van der Waals surface area contributed by atoms with E-state index in [-0.39, 0.29) is 24.2 Å². The van der Waals surface area contributed by atoms with Gasteiger partial charge in [-0.1, -0.05) is 24.3 Å². The second kappa shape index (κ2) is 5.70. The molecule has 0 saturated heterocycles. The number of H-pyrrole nitrogens is 1. The first-order valence-corrected chi connectivity index (χ1v) is 7.48. The Balaban J connectivity index is 0.00000156. The van der Waals surface area contributed by atoms with E-state index in [0.717, 1.165) is 33.5 Å². The normalized spacial score (nSPS) is 16.4. The number of nitrogens with zero attached hydrogens (tertiary/aromatic N) is 2. The molecule has 3 aromatic rings. The maximum Gasteiger partial charge on any atom is 0.238 e. The van der Waals surface area contributed by atoms with Crippen LogP contribution in [-0.2, 0) is 6.42 Å². The molecule has 1 atom stereocenters. The van der Waals surface area contributed by atoms with Crippen LogP contribution < -0.4 is 0 Å². The Morgan fingerprint density at radius 2 is 2.04 bits per heavy atom. The SMILES string of the molecule is Cc1[nH]cnc1CC1C=Cc2c(C)c3ccccc3n2C1=O.Cl. The quantitative estimate of drug-likeness (QED) is 0.775. The molecule has 1 aliphatic heterocycles. The average molecular weight is 328 g/mol. The van der Waals surface area contributed by atoms with Crippen LogP contribution in [0, 0.1) is 19.8 Å². The van der Waals surface area contributed by atoms with Gasteiger partial charge >= 0.3 is 0 Å². The highest BCUT2D eigenvalue weighted by Crippen LogP contribution is 2.31. The van der Waals surface area contributed by atoms with E-state index < -0.39 is 0 Å². The van der Waals surface area contributed by atoms with Gasteiger partial charge < -0.3 is 4.98 Å². The third-order valence-corrected chi connectivity index (χ3v) is 4.55. The summed E-state index contributed by atoms with van der Waals surface area (Å²) in [4.78, 5) is 20.3. The van der Waals surface area contributed by atoms with E-state index in [1.54, 1.807) is 6.33 Å². The van der Waals surface area contributed by atoms with E-state index in [0.29, 0.717) is 6.42 Å². The number of aryl methyl sites for hydroxylation is 2. The molecule has 4 nitrogen and oxygen atoms in total. The van der Waals surface area contributed by atoms with Crippen molar-refractivity contribution in [2.45, 2.75) is 20.3 Å². The number of para-hydroxylation sites is 1. The third kappa shape index (κ3) is 2.30. The summed E-state index contributed by atoms with van der Waals surface area (Å²) in [6.07, 6.45) is 6.40. The molecule has 0 radical (unpaired) electrons. The number of rotatable bonds is 2. The Kier molecular flexibility index (Phi) is 3.86. The van der Waals surface area contributed by atoms with Gasteiger partial charge in [0.05, 0.1) is 29.1 Å². The number of aromatic nitrogens is 3. The topological polar surface area (TPSA) is 50.7 Å². The predicted molar refractivity (Wildman–Crippen MR) is 94.1 cm³/mol. The van der Waals surface area contributed by atoms with Crippen LogP contribution in [0.25, 0.3) is 17.0 Å². The van der Waals surface area contributed by atoms with Gasteiger partial charge in [-0.2, -0.15) is 0 Å². The molecule has 23 heavy (non-hydrogen) atoms. The lowest BCUT2D eigenvalue weighted by Crippen LogP contribution is -2.26. The zero-order valence-electron chi connectivity index (χ0n) is 13.0. The number of imidazole rings is 1. The number of carbonyl (C=O) groups excluding carboxylic acids is 1. The highest BCUT2D eigenvalue weighted by atomic mass is 35.5. The van der Waals surface area contributed by atoms with Crippen LogP contribution in [0.15, 0.2) is 36.7 Å². The van der Waals surface area contributed by atoms with Gasteiger partial charge in [0, 0.05) is 17.5 Å². The first-order valence-electron chi connectivity index (χ1n) is 7.48. The Labute approximate surface area is 140 Å². The van der Waals surface area contributed by atoms with Gasteiger partial charge in [0.2, 0.25) is 5.91 Å². The van der Waals surface area contributed by atoms with Crippen LogP contribution >= 0.6 is 12.4 Å². The van der Waals surface area contributed by atoms with E-state index in [9.17, 15) is 4.79 Å². The minimum Gasteiger partial charge on any atom is -0.348 e. The lowest BCUT2D eigenvalue weighted by atomic mass is 9.97. The zero-order valence-corrected chi connectivity index (χ0v) is 13.9. The first kappa shape index (κ1) is 15.6. The summed E-state index contributed by atoms with van der Waals surface area (Å²) in [5, 5.41) is 1.15. The van der Waals surface area contributed by atoms with Gasteiger partial charge in [-0.3, -0.25) is 9.36 Å². The molecule has 1 unspecified atom stereocenters. The van der Waals surface area contributed by atoms with Gasteiger partial charge in [-0.05, 0) is 31.6 Å². The van der Waals surface area contributed by atoms with Crippen molar-refractivity contribution in [1.29, 1.82) is 0 Å². The van der Waals surface area contributed by atoms with Gasteiger partial charge in [0.25, 0.3) is 0 Å². The molecule has 4 rings (SSSR count).